The number of hydrogen-bond acceptors (Lipinski definition) is 7. The summed E-state index contributed by atoms with van der Waals surface area (Å²) in [5.74, 6) is 0. The minimum absolute atomic E-state index is 0.0727. The molecule has 5 atom stereocenters. The zero-order valence-electron chi connectivity index (χ0n) is 9.22. The molecule has 0 amide bonds. The van der Waals surface area contributed by atoms with E-state index < -0.39 is 37.3 Å². The summed E-state index contributed by atoms with van der Waals surface area (Å²) in [7, 11) is 0. The highest BCUT2D eigenvalue weighted by Gasteiger charge is 2.43. The number of aliphatic hydroxyl groups is 5. The monoisotopic (exact) mass is 250 g/mol. The minimum Gasteiger partial charge on any atom is -0.394 e. The molecule has 100 valence electrons. The fourth-order valence-electron chi connectivity index (χ4n) is 1.50. The molecule has 1 heterocycles. The van der Waals surface area contributed by atoms with Gasteiger partial charge >= 0.3 is 0 Å². The van der Waals surface area contributed by atoms with Crippen LogP contribution in [0.3, 0.4) is 0 Å². The van der Waals surface area contributed by atoms with Crippen LogP contribution >= 0.6 is 0 Å². The molecule has 1 rings (SSSR count). The van der Waals surface area contributed by atoms with Crippen LogP contribution in [0.15, 0.2) is 12.2 Å². The summed E-state index contributed by atoms with van der Waals surface area (Å²) >= 11 is 0. The van der Waals surface area contributed by atoms with Gasteiger partial charge < -0.3 is 35.0 Å². The molecule has 0 saturated carbocycles. The molecule has 0 aliphatic carbocycles. The predicted octanol–water partition coefficient (Wildman–Crippen LogP) is -2.65. The lowest BCUT2D eigenvalue weighted by Gasteiger charge is -2.39. The summed E-state index contributed by atoms with van der Waals surface area (Å²) in [5, 5.41) is 45.9. The summed E-state index contributed by atoms with van der Waals surface area (Å²) in [6.45, 7) is -0.543. The van der Waals surface area contributed by atoms with Crippen LogP contribution in [-0.2, 0) is 9.47 Å². The van der Waals surface area contributed by atoms with Gasteiger partial charge in [0.15, 0.2) is 6.29 Å². The lowest BCUT2D eigenvalue weighted by atomic mass is 9.99. The molecule has 7 nitrogen and oxygen atoms in total. The molecule has 1 aliphatic heterocycles. The molecule has 1 aliphatic rings. The highest BCUT2D eigenvalue weighted by molar-refractivity contribution is 4.89. The second-order valence-electron chi connectivity index (χ2n) is 3.68. The molecule has 0 aromatic carbocycles. The van der Waals surface area contributed by atoms with Crippen LogP contribution in [0.1, 0.15) is 0 Å². The van der Waals surface area contributed by atoms with Gasteiger partial charge in [-0.2, -0.15) is 0 Å². The van der Waals surface area contributed by atoms with Crippen molar-refractivity contribution in [3.05, 3.63) is 12.2 Å². The first-order valence-corrected chi connectivity index (χ1v) is 5.29. The van der Waals surface area contributed by atoms with Crippen molar-refractivity contribution in [1.29, 1.82) is 0 Å². The van der Waals surface area contributed by atoms with Gasteiger partial charge in [0.05, 0.1) is 19.8 Å². The quantitative estimate of drug-likeness (QED) is 0.338. The summed E-state index contributed by atoms with van der Waals surface area (Å²) in [4.78, 5) is 0. The minimum atomic E-state index is -1.44. The average molecular weight is 250 g/mol. The highest BCUT2D eigenvalue weighted by atomic mass is 16.7. The Bertz CT molecular complexity index is 243. The van der Waals surface area contributed by atoms with Gasteiger partial charge in [0.1, 0.15) is 24.4 Å². The summed E-state index contributed by atoms with van der Waals surface area (Å²) in [6, 6.07) is 0. The molecule has 0 spiro atoms. The summed E-state index contributed by atoms with van der Waals surface area (Å²) < 4.78 is 10.2. The number of hydrogen-bond donors (Lipinski definition) is 5. The van der Waals surface area contributed by atoms with Crippen LogP contribution in [-0.4, -0.2) is 76.1 Å². The maximum atomic E-state index is 9.56. The van der Waals surface area contributed by atoms with E-state index in [1.54, 1.807) is 0 Å². The van der Waals surface area contributed by atoms with Gasteiger partial charge in [0.25, 0.3) is 0 Å². The molecule has 7 heteroatoms. The maximum Gasteiger partial charge on any atom is 0.187 e. The van der Waals surface area contributed by atoms with Crippen LogP contribution in [0.5, 0.6) is 0 Å². The van der Waals surface area contributed by atoms with Crippen molar-refractivity contribution < 1.29 is 35.0 Å². The van der Waals surface area contributed by atoms with Gasteiger partial charge in [0, 0.05) is 0 Å². The number of rotatable bonds is 5. The van der Waals surface area contributed by atoms with E-state index in [9.17, 15) is 15.3 Å². The molecule has 0 aromatic heterocycles. The molecule has 1 saturated heterocycles. The maximum absolute atomic E-state index is 9.56. The molecule has 0 radical (unpaired) electrons. The van der Waals surface area contributed by atoms with E-state index in [1.165, 1.54) is 12.2 Å². The van der Waals surface area contributed by atoms with Gasteiger partial charge in [-0.25, -0.2) is 0 Å². The summed E-state index contributed by atoms with van der Waals surface area (Å²) in [6.07, 6.45) is -3.36. The third kappa shape index (κ3) is 3.71. The van der Waals surface area contributed by atoms with Crippen molar-refractivity contribution in [2.24, 2.45) is 0 Å². The van der Waals surface area contributed by atoms with Gasteiger partial charge in [-0.05, 0) is 0 Å². The zero-order chi connectivity index (χ0) is 12.8. The van der Waals surface area contributed by atoms with Crippen LogP contribution in [0.4, 0.5) is 0 Å². The molecule has 0 unspecified atom stereocenters. The topological polar surface area (TPSA) is 120 Å². The summed E-state index contributed by atoms with van der Waals surface area (Å²) in [5.41, 5.74) is 0. The van der Waals surface area contributed by atoms with Crippen molar-refractivity contribution in [2.75, 3.05) is 19.8 Å². The van der Waals surface area contributed by atoms with E-state index >= 15 is 0 Å². The lowest BCUT2D eigenvalue weighted by Crippen LogP contribution is -2.59. The van der Waals surface area contributed by atoms with Crippen LogP contribution < -0.4 is 0 Å². The van der Waals surface area contributed by atoms with Crippen molar-refractivity contribution >= 4 is 0 Å². The molecule has 5 N–H and O–H groups in total. The smallest absolute Gasteiger partial charge is 0.187 e. The van der Waals surface area contributed by atoms with Gasteiger partial charge in [0.2, 0.25) is 0 Å². The predicted molar refractivity (Wildman–Crippen MR) is 55.9 cm³/mol. The van der Waals surface area contributed by atoms with E-state index in [0.717, 1.165) is 0 Å². The van der Waals surface area contributed by atoms with Gasteiger partial charge in [-0.1, -0.05) is 12.2 Å². The second-order valence-corrected chi connectivity index (χ2v) is 3.68. The lowest BCUT2D eigenvalue weighted by molar-refractivity contribution is -0.298. The van der Waals surface area contributed by atoms with E-state index in [0.29, 0.717) is 0 Å². The third-order valence-corrected chi connectivity index (χ3v) is 2.48. The van der Waals surface area contributed by atoms with Gasteiger partial charge in [-0.15, -0.1) is 0 Å². The van der Waals surface area contributed by atoms with E-state index in [-0.39, 0.29) is 13.2 Å². The van der Waals surface area contributed by atoms with Crippen LogP contribution in [0.2, 0.25) is 0 Å². The Morgan fingerprint density at radius 1 is 1.00 bits per heavy atom. The number of aliphatic hydroxyl groups excluding tert-OH is 5. The average Bonchev–Trinajstić information content (AvgIpc) is 2.34. The highest BCUT2D eigenvalue weighted by Crippen LogP contribution is 2.21. The first kappa shape index (κ1) is 14.5. The molecular formula is C10H18O7. The van der Waals surface area contributed by atoms with E-state index in [4.69, 9.17) is 19.7 Å². The van der Waals surface area contributed by atoms with E-state index in [2.05, 4.69) is 0 Å². The van der Waals surface area contributed by atoms with Crippen molar-refractivity contribution in [3.8, 4) is 0 Å². The fourth-order valence-corrected chi connectivity index (χ4v) is 1.50. The second kappa shape index (κ2) is 7.02. The molecule has 0 bridgehead atoms. The third-order valence-electron chi connectivity index (χ3n) is 2.48. The van der Waals surface area contributed by atoms with Crippen molar-refractivity contribution in [1.82, 2.24) is 0 Å². The van der Waals surface area contributed by atoms with Gasteiger partial charge in [-0.3, -0.25) is 0 Å². The molecule has 1 fully saturated rings. The number of ether oxygens (including phenoxy) is 2. The Kier molecular flexibility index (Phi) is 6.00. The van der Waals surface area contributed by atoms with Crippen LogP contribution in [0, 0.1) is 0 Å². The SMILES string of the molecule is OC/C=C\CO[C@@H]1O[C@H](CO)[C@@H](O)[C@H](O)[C@H]1O. The molecular weight excluding hydrogens is 232 g/mol. The molecule has 0 aromatic rings. The normalized spacial score (nSPS) is 38.8. The molecule has 17 heavy (non-hydrogen) atoms. The Balaban J connectivity index is 2.50. The first-order chi connectivity index (χ1) is 8.11. The Labute approximate surface area is 98.5 Å². The van der Waals surface area contributed by atoms with Crippen molar-refractivity contribution in [2.45, 2.75) is 30.7 Å². The van der Waals surface area contributed by atoms with Crippen molar-refractivity contribution in [3.63, 3.8) is 0 Å². The Morgan fingerprint density at radius 3 is 2.29 bits per heavy atom. The fraction of sp³-hybridized carbons (Fsp3) is 0.800. The largest absolute Gasteiger partial charge is 0.394 e. The van der Waals surface area contributed by atoms with Crippen LogP contribution in [0.25, 0.3) is 0 Å². The standard InChI is InChI=1S/C10H18O7/c11-3-1-2-4-16-10-9(15)8(14)7(13)6(5-12)17-10/h1-2,6-15H,3-5H2/b2-1-/t6-,7-,8+,9-,10-/m1/s1. The Hall–Kier alpha value is -0.540. The van der Waals surface area contributed by atoms with E-state index in [1.807, 2.05) is 0 Å². The zero-order valence-corrected chi connectivity index (χ0v) is 9.22. The first-order valence-electron chi connectivity index (χ1n) is 5.29. The Morgan fingerprint density at radius 2 is 1.71 bits per heavy atom.